The molecule has 9 heteroatoms. The van der Waals surface area contributed by atoms with Crippen LogP contribution >= 0.6 is 24.0 Å². The molecule has 184 valence electrons. The number of para-hydroxylation sites is 2. The minimum absolute atomic E-state index is 0. The van der Waals surface area contributed by atoms with Crippen molar-refractivity contribution in [1.29, 1.82) is 0 Å². The third-order valence-corrected chi connectivity index (χ3v) is 5.87. The van der Waals surface area contributed by atoms with Gasteiger partial charge in [-0.3, -0.25) is 9.89 Å². The number of ether oxygens (including phenoxy) is 2. The van der Waals surface area contributed by atoms with Gasteiger partial charge < -0.3 is 24.5 Å². The highest BCUT2D eigenvalue weighted by molar-refractivity contribution is 14.0. The maximum Gasteiger partial charge on any atom is 0.208 e. The summed E-state index contributed by atoms with van der Waals surface area (Å²) in [5.41, 5.74) is 0.987. The van der Waals surface area contributed by atoms with Crippen LogP contribution in [0.15, 0.2) is 33.7 Å². The fourth-order valence-electron chi connectivity index (χ4n) is 3.82. The Morgan fingerprint density at radius 3 is 2.52 bits per heavy atom. The van der Waals surface area contributed by atoms with Gasteiger partial charge in [-0.1, -0.05) is 12.1 Å². The average molecular weight is 572 g/mol. The van der Waals surface area contributed by atoms with Gasteiger partial charge in [-0.2, -0.15) is 0 Å². The number of aryl methyl sites for hydroxylation is 2. The predicted octanol–water partition coefficient (Wildman–Crippen LogP) is 3.76. The van der Waals surface area contributed by atoms with E-state index in [1.54, 1.807) is 14.2 Å². The van der Waals surface area contributed by atoms with Crippen LogP contribution in [-0.2, 0) is 6.54 Å². The molecule has 0 aliphatic carbocycles. The number of aromatic nitrogens is 1. The topological polar surface area (TPSA) is 84.2 Å². The summed E-state index contributed by atoms with van der Waals surface area (Å²) in [4.78, 5) is 11.3. The number of nitrogens with zero attached hydrogens (tertiary/aromatic N) is 3. The molecule has 1 saturated heterocycles. The van der Waals surface area contributed by atoms with Gasteiger partial charge in [0.2, 0.25) is 5.89 Å². The first kappa shape index (κ1) is 27.2. The second kappa shape index (κ2) is 13.6. The van der Waals surface area contributed by atoms with E-state index in [4.69, 9.17) is 13.9 Å². The summed E-state index contributed by atoms with van der Waals surface area (Å²) in [6.07, 6.45) is 2.27. The third kappa shape index (κ3) is 8.37. The number of likely N-dealkylation sites (tertiary alicyclic amines) is 1. The Hall–Kier alpha value is -2.01. The Bertz CT molecular complexity index is 861. The number of methoxy groups -OCH3 is 1. The van der Waals surface area contributed by atoms with Crippen molar-refractivity contribution in [2.75, 3.05) is 40.3 Å². The number of benzene rings is 1. The van der Waals surface area contributed by atoms with Gasteiger partial charge in [0.25, 0.3) is 0 Å². The second-order valence-electron chi connectivity index (χ2n) is 8.38. The Morgan fingerprint density at radius 1 is 1.21 bits per heavy atom. The third-order valence-electron chi connectivity index (χ3n) is 5.87. The van der Waals surface area contributed by atoms with E-state index >= 15 is 0 Å². The molecule has 3 rings (SSSR count). The van der Waals surface area contributed by atoms with E-state index in [0.717, 1.165) is 73.8 Å². The van der Waals surface area contributed by atoms with Crippen molar-refractivity contribution in [1.82, 2.24) is 20.5 Å². The number of rotatable bonds is 9. The lowest BCUT2D eigenvalue weighted by molar-refractivity contribution is 0.164. The molecule has 8 nitrogen and oxygen atoms in total. The molecule has 33 heavy (non-hydrogen) atoms. The predicted molar refractivity (Wildman–Crippen MR) is 142 cm³/mol. The highest BCUT2D eigenvalue weighted by Gasteiger charge is 2.21. The van der Waals surface area contributed by atoms with Gasteiger partial charge in [0.05, 0.1) is 25.9 Å². The van der Waals surface area contributed by atoms with E-state index in [2.05, 4.69) is 25.5 Å². The zero-order valence-corrected chi connectivity index (χ0v) is 22.7. The lowest BCUT2D eigenvalue weighted by Crippen LogP contribution is -2.45. The van der Waals surface area contributed by atoms with Crippen molar-refractivity contribution >= 4 is 29.9 Å². The summed E-state index contributed by atoms with van der Waals surface area (Å²) >= 11 is 0. The number of hydrogen-bond donors (Lipinski definition) is 2. The molecule has 1 fully saturated rings. The standard InChI is InChI=1S/C24H37N5O3.HI/c1-17(31-22-9-7-6-8-21(22)30-5)14-26-24(25-4)27-15-20-10-12-29(13-11-20)16-23-28-18(2)19(3)32-23;/h6-9,17,20H,10-16H2,1-5H3,(H2,25,26,27);1H. The number of piperidine rings is 1. The molecule has 0 amide bonds. The van der Waals surface area contributed by atoms with E-state index in [9.17, 15) is 0 Å². The molecule has 0 saturated carbocycles. The molecule has 1 atom stereocenters. The van der Waals surface area contributed by atoms with Gasteiger partial charge in [-0.15, -0.1) is 24.0 Å². The SMILES string of the molecule is CN=C(NCC1CCN(Cc2nc(C)c(C)o2)CC1)NCC(C)Oc1ccccc1OC.I. The van der Waals surface area contributed by atoms with E-state index < -0.39 is 0 Å². The van der Waals surface area contributed by atoms with E-state index in [1.165, 1.54) is 0 Å². The number of hydrogen-bond acceptors (Lipinski definition) is 6. The molecular weight excluding hydrogens is 533 g/mol. The van der Waals surface area contributed by atoms with E-state index in [0.29, 0.717) is 12.5 Å². The number of guanidine groups is 1. The maximum absolute atomic E-state index is 6.01. The fourth-order valence-corrected chi connectivity index (χ4v) is 3.82. The summed E-state index contributed by atoms with van der Waals surface area (Å²) in [6.45, 7) is 10.5. The molecule has 0 bridgehead atoms. The summed E-state index contributed by atoms with van der Waals surface area (Å²) < 4.78 is 17.1. The minimum atomic E-state index is -0.0319. The highest BCUT2D eigenvalue weighted by Crippen LogP contribution is 2.26. The summed E-state index contributed by atoms with van der Waals surface area (Å²) in [5, 5.41) is 6.82. The average Bonchev–Trinajstić information content (AvgIpc) is 3.11. The van der Waals surface area contributed by atoms with Gasteiger partial charge >= 0.3 is 0 Å². The van der Waals surface area contributed by atoms with Crippen LogP contribution in [0.2, 0.25) is 0 Å². The maximum atomic E-state index is 6.01. The van der Waals surface area contributed by atoms with Crippen LogP contribution in [0.1, 0.15) is 37.1 Å². The first-order chi connectivity index (χ1) is 15.5. The Labute approximate surface area is 214 Å². The summed E-state index contributed by atoms with van der Waals surface area (Å²) in [7, 11) is 3.45. The van der Waals surface area contributed by atoms with Crippen LogP contribution in [0.5, 0.6) is 11.5 Å². The van der Waals surface area contributed by atoms with Crippen LogP contribution in [0.4, 0.5) is 0 Å². The highest BCUT2D eigenvalue weighted by atomic mass is 127. The van der Waals surface area contributed by atoms with Crippen molar-refractivity contribution in [2.24, 2.45) is 10.9 Å². The first-order valence-corrected chi connectivity index (χ1v) is 11.4. The van der Waals surface area contributed by atoms with E-state index in [1.807, 2.05) is 45.0 Å². The normalized spacial score (nSPS) is 16.1. The van der Waals surface area contributed by atoms with Gasteiger partial charge in [0.1, 0.15) is 11.9 Å². The number of aliphatic imine (C=N–C) groups is 1. The minimum Gasteiger partial charge on any atom is -0.493 e. The Morgan fingerprint density at radius 2 is 1.91 bits per heavy atom. The summed E-state index contributed by atoms with van der Waals surface area (Å²) in [6, 6.07) is 7.69. The smallest absolute Gasteiger partial charge is 0.208 e. The number of halogens is 1. The molecule has 1 aromatic carbocycles. The van der Waals surface area contributed by atoms with Gasteiger partial charge in [0, 0.05) is 13.6 Å². The Balaban J connectivity index is 0.00000385. The zero-order chi connectivity index (χ0) is 22.9. The van der Waals surface area contributed by atoms with Crippen molar-refractivity contribution in [2.45, 2.75) is 46.3 Å². The number of oxazole rings is 1. The molecule has 0 radical (unpaired) electrons. The molecule has 1 aromatic heterocycles. The van der Waals surface area contributed by atoms with Crippen LogP contribution in [0.25, 0.3) is 0 Å². The Kier molecular flexibility index (Phi) is 11.3. The molecule has 2 N–H and O–H groups in total. The lowest BCUT2D eigenvalue weighted by atomic mass is 9.97. The van der Waals surface area contributed by atoms with Crippen LogP contribution in [0, 0.1) is 19.8 Å². The molecule has 1 aliphatic rings. The lowest BCUT2D eigenvalue weighted by Gasteiger charge is -2.31. The van der Waals surface area contributed by atoms with Crippen LogP contribution in [0.3, 0.4) is 0 Å². The molecule has 2 heterocycles. The zero-order valence-electron chi connectivity index (χ0n) is 20.4. The second-order valence-corrected chi connectivity index (χ2v) is 8.38. The fraction of sp³-hybridized carbons (Fsp3) is 0.583. The van der Waals surface area contributed by atoms with Gasteiger partial charge in [0.15, 0.2) is 17.5 Å². The van der Waals surface area contributed by atoms with Gasteiger partial charge in [-0.05, 0) is 64.8 Å². The van der Waals surface area contributed by atoms with Crippen LogP contribution in [-0.4, -0.2) is 62.3 Å². The quantitative estimate of drug-likeness (QED) is 0.270. The molecule has 1 unspecified atom stereocenters. The molecule has 1 aliphatic heterocycles. The van der Waals surface area contributed by atoms with Crippen molar-refractivity contribution < 1.29 is 13.9 Å². The number of nitrogens with one attached hydrogen (secondary N) is 2. The van der Waals surface area contributed by atoms with Crippen LogP contribution < -0.4 is 20.1 Å². The van der Waals surface area contributed by atoms with Crippen molar-refractivity contribution in [3.63, 3.8) is 0 Å². The molecule has 0 spiro atoms. The van der Waals surface area contributed by atoms with E-state index in [-0.39, 0.29) is 30.1 Å². The molecular formula is C24H38IN5O3. The monoisotopic (exact) mass is 571 g/mol. The summed E-state index contributed by atoms with van der Waals surface area (Å²) in [5.74, 6) is 4.65. The first-order valence-electron chi connectivity index (χ1n) is 11.4. The van der Waals surface area contributed by atoms with Crippen molar-refractivity contribution in [3.05, 3.63) is 41.6 Å². The largest absolute Gasteiger partial charge is 0.493 e. The van der Waals surface area contributed by atoms with Gasteiger partial charge in [-0.25, -0.2) is 4.98 Å². The van der Waals surface area contributed by atoms with Crippen molar-refractivity contribution in [3.8, 4) is 11.5 Å². The molecule has 2 aromatic rings.